The van der Waals surface area contributed by atoms with Crippen LogP contribution in [0.5, 0.6) is 0 Å². The highest BCUT2D eigenvalue weighted by Crippen LogP contribution is 2.45. The van der Waals surface area contributed by atoms with Gasteiger partial charge in [0.1, 0.15) is 0 Å². The van der Waals surface area contributed by atoms with Gasteiger partial charge in [0.25, 0.3) is 0 Å². The molecule has 1 fully saturated rings. The average molecular weight is 282 g/mol. The third-order valence-electron chi connectivity index (χ3n) is 2.76. The maximum atomic E-state index is 4.99. The topological polar surface area (TPSA) is 59.9 Å². The monoisotopic (exact) mass is 282 g/mol. The van der Waals surface area contributed by atoms with Gasteiger partial charge in [-0.25, -0.2) is 4.98 Å². The molecule has 0 radical (unpaired) electrons. The zero-order chi connectivity index (χ0) is 12.4. The molecule has 0 aliphatic heterocycles. The zero-order valence-electron chi connectivity index (χ0n) is 10.0. The molecular weight excluding hydrogens is 268 g/mol. The van der Waals surface area contributed by atoms with Crippen molar-refractivity contribution in [2.24, 2.45) is 0 Å². The number of rotatable bonds is 6. The molecule has 2 aromatic rings. The molecule has 0 amide bonds. The second kappa shape index (κ2) is 5.29. The van der Waals surface area contributed by atoms with Crippen LogP contribution in [0, 0.1) is 0 Å². The van der Waals surface area contributed by atoms with Crippen LogP contribution in [-0.4, -0.2) is 35.4 Å². The van der Waals surface area contributed by atoms with E-state index >= 15 is 0 Å². The SMILES string of the molecule is COCCNc1nnc(-c2scnc2C2CC2)s1. The van der Waals surface area contributed by atoms with E-state index in [1.165, 1.54) is 23.4 Å². The molecule has 0 bridgehead atoms. The minimum atomic E-state index is 0.653. The fourth-order valence-electron chi connectivity index (χ4n) is 1.71. The lowest BCUT2D eigenvalue weighted by Gasteiger charge is -1.98. The molecule has 5 nitrogen and oxygen atoms in total. The fourth-order valence-corrected chi connectivity index (χ4v) is 3.45. The van der Waals surface area contributed by atoms with Crippen molar-refractivity contribution >= 4 is 27.8 Å². The van der Waals surface area contributed by atoms with Crippen molar-refractivity contribution in [3.8, 4) is 9.88 Å². The van der Waals surface area contributed by atoms with Crippen molar-refractivity contribution < 1.29 is 4.74 Å². The number of anilines is 1. The Morgan fingerprint density at radius 1 is 1.44 bits per heavy atom. The molecule has 0 saturated heterocycles. The first-order chi connectivity index (χ1) is 8.88. The molecule has 0 unspecified atom stereocenters. The predicted molar refractivity (Wildman–Crippen MR) is 73.4 cm³/mol. The Bertz CT molecular complexity index is 521. The van der Waals surface area contributed by atoms with Gasteiger partial charge in [-0.1, -0.05) is 11.3 Å². The van der Waals surface area contributed by atoms with Crippen LogP contribution in [0.15, 0.2) is 5.51 Å². The summed E-state index contributed by atoms with van der Waals surface area (Å²) in [4.78, 5) is 5.65. The van der Waals surface area contributed by atoms with Gasteiger partial charge in [0.15, 0.2) is 5.01 Å². The lowest BCUT2D eigenvalue weighted by Crippen LogP contribution is -2.06. The van der Waals surface area contributed by atoms with Crippen molar-refractivity contribution in [2.45, 2.75) is 18.8 Å². The van der Waals surface area contributed by atoms with Gasteiger partial charge in [0.05, 0.1) is 22.7 Å². The van der Waals surface area contributed by atoms with Gasteiger partial charge in [-0.15, -0.1) is 21.5 Å². The van der Waals surface area contributed by atoms with E-state index in [1.54, 1.807) is 29.8 Å². The van der Waals surface area contributed by atoms with Crippen LogP contribution in [0.4, 0.5) is 5.13 Å². The number of ether oxygens (including phenoxy) is 1. The molecule has 1 N–H and O–H groups in total. The fraction of sp³-hybridized carbons (Fsp3) is 0.545. The van der Waals surface area contributed by atoms with Gasteiger partial charge in [0, 0.05) is 19.6 Å². The molecule has 96 valence electrons. The second-order valence-corrected chi connectivity index (χ2v) is 6.01. The van der Waals surface area contributed by atoms with Crippen LogP contribution < -0.4 is 5.32 Å². The Morgan fingerprint density at radius 3 is 3.11 bits per heavy atom. The lowest BCUT2D eigenvalue weighted by atomic mass is 10.2. The minimum absolute atomic E-state index is 0.653. The number of nitrogens with zero attached hydrogens (tertiary/aromatic N) is 3. The molecule has 18 heavy (non-hydrogen) atoms. The summed E-state index contributed by atoms with van der Waals surface area (Å²) in [6, 6.07) is 0. The van der Waals surface area contributed by atoms with Crippen LogP contribution in [0.3, 0.4) is 0 Å². The van der Waals surface area contributed by atoms with Crippen LogP contribution >= 0.6 is 22.7 Å². The van der Waals surface area contributed by atoms with Gasteiger partial charge in [-0.05, 0) is 12.8 Å². The normalized spacial score (nSPS) is 14.9. The van der Waals surface area contributed by atoms with E-state index in [2.05, 4.69) is 20.5 Å². The summed E-state index contributed by atoms with van der Waals surface area (Å²) in [7, 11) is 1.69. The van der Waals surface area contributed by atoms with E-state index in [-0.39, 0.29) is 0 Å². The highest BCUT2D eigenvalue weighted by Gasteiger charge is 2.29. The van der Waals surface area contributed by atoms with Gasteiger partial charge in [-0.3, -0.25) is 0 Å². The Balaban J connectivity index is 1.73. The molecular formula is C11H14N4OS2. The first-order valence-electron chi connectivity index (χ1n) is 5.88. The van der Waals surface area contributed by atoms with E-state index in [0.29, 0.717) is 12.5 Å². The number of hydrogen-bond acceptors (Lipinski definition) is 7. The third kappa shape index (κ3) is 2.52. The number of hydrogen-bond donors (Lipinski definition) is 1. The molecule has 2 heterocycles. The van der Waals surface area contributed by atoms with Crippen molar-refractivity contribution in [2.75, 3.05) is 25.6 Å². The molecule has 3 rings (SSSR count). The van der Waals surface area contributed by atoms with Gasteiger partial charge in [0.2, 0.25) is 5.13 Å². The minimum Gasteiger partial charge on any atom is -0.383 e. The Morgan fingerprint density at radius 2 is 2.33 bits per heavy atom. The molecule has 1 aliphatic rings. The zero-order valence-corrected chi connectivity index (χ0v) is 11.7. The van der Waals surface area contributed by atoms with E-state index in [4.69, 9.17) is 4.74 Å². The first-order valence-corrected chi connectivity index (χ1v) is 7.58. The molecule has 0 atom stereocenters. The molecule has 1 aliphatic carbocycles. The maximum Gasteiger partial charge on any atom is 0.206 e. The Labute approximate surface area is 113 Å². The van der Waals surface area contributed by atoms with Crippen LogP contribution in [0.25, 0.3) is 9.88 Å². The third-order valence-corrected chi connectivity index (χ3v) is 4.64. The highest BCUT2D eigenvalue weighted by molar-refractivity contribution is 7.22. The summed E-state index contributed by atoms with van der Waals surface area (Å²) < 4.78 is 4.99. The number of thiazole rings is 1. The average Bonchev–Trinajstić information content (AvgIpc) is 2.92. The van der Waals surface area contributed by atoms with Crippen molar-refractivity contribution in [3.63, 3.8) is 0 Å². The van der Waals surface area contributed by atoms with E-state index < -0.39 is 0 Å². The largest absolute Gasteiger partial charge is 0.383 e. The van der Waals surface area contributed by atoms with Crippen molar-refractivity contribution in [1.82, 2.24) is 15.2 Å². The predicted octanol–water partition coefficient (Wildman–Crippen LogP) is 2.60. The number of methoxy groups -OCH3 is 1. The van der Waals surface area contributed by atoms with Crippen molar-refractivity contribution in [3.05, 3.63) is 11.2 Å². The standard InChI is InChI=1S/C11H14N4OS2/c1-16-5-4-12-11-15-14-10(18-11)9-8(7-2-3-7)13-6-17-9/h6-7H,2-5H2,1H3,(H,12,15). The summed E-state index contributed by atoms with van der Waals surface area (Å²) in [5.74, 6) is 0.653. The second-order valence-electron chi connectivity index (χ2n) is 4.17. The van der Waals surface area contributed by atoms with Gasteiger partial charge < -0.3 is 10.1 Å². The summed E-state index contributed by atoms with van der Waals surface area (Å²) in [5.41, 5.74) is 3.11. The van der Waals surface area contributed by atoms with Crippen LogP contribution in [0.1, 0.15) is 24.5 Å². The summed E-state index contributed by atoms with van der Waals surface area (Å²) in [5, 5.41) is 13.4. The first kappa shape index (κ1) is 12.0. The van der Waals surface area contributed by atoms with E-state index in [9.17, 15) is 0 Å². The molecule has 7 heteroatoms. The molecule has 0 spiro atoms. The van der Waals surface area contributed by atoms with E-state index in [0.717, 1.165) is 16.7 Å². The maximum absolute atomic E-state index is 4.99. The quantitative estimate of drug-likeness (QED) is 0.825. The summed E-state index contributed by atoms with van der Waals surface area (Å²) >= 11 is 3.24. The molecule has 2 aromatic heterocycles. The highest BCUT2D eigenvalue weighted by atomic mass is 32.1. The van der Waals surface area contributed by atoms with Crippen LogP contribution in [-0.2, 0) is 4.74 Å². The lowest BCUT2D eigenvalue weighted by molar-refractivity contribution is 0.211. The Kier molecular flexibility index (Phi) is 3.53. The number of nitrogens with one attached hydrogen (secondary N) is 1. The smallest absolute Gasteiger partial charge is 0.206 e. The van der Waals surface area contributed by atoms with E-state index in [1.807, 2.05) is 5.51 Å². The van der Waals surface area contributed by atoms with Gasteiger partial charge >= 0.3 is 0 Å². The van der Waals surface area contributed by atoms with Gasteiger partial charge in [-0.2, -0.15) is 0 Å². The summed E-state index contributed by atoms with van der Waals surface area (Å²) in [6.07, 6.45) is 2.52. The summed E-state index contributed by atoms with van der Waals surface area (Å²) in [6.45, 7) is 1.42. The number of aromatic nitrogens is 3. The Hall–Kier alpha value is -1.05. The van der Waals surface area contributed by atoms with Crippen molar-refractivity contribution in [1.29, 1.82) is 0 Å². The van der Waals surface area contributed by atoms with Crippen LogP contribution in [0.2, 0.25) is 0 Å². The molecule has 0 aromatic carbocycles. The molecule has 1 saturated carbocycles.